The number of aryl methyl sites for hydroxylation is 2. The average molecular weight is 450 g/mol. The molecule has 0 saturated carbocycles. The molecule has 2 aromatic heterocycles. The summed E-state index contributed by atoms with van der Waals surface area (Å²) in [4.78, 5) is 4.54. The molecule has 0 N–H and O–H groups in total. The number of hydrogen-bond donors (Lipinski definition) is 0. The van der Waals surface area contributed by atoms with Crippen LogP contribution in [0.25, 0.3) is 11.4 Å². The van der Waals surface area contributed by atoms with Crippen LogP contribution in [0, 0.1) is 0 Å². The third-order valence-corrected chi connectivity index (χ3v) is 6.19. The second-order valence-electron chi connectivity index (χ2n) is 7.45. The van der Waals surface area contributed by atoms with E-state index in [4.69, 9.17) is 9.26 Å². The lowest BCUT2D eigenvalue weighted by molar-refractivity contribution is 0.374. The molecule has 32 heavy (non-hydrogen) atoms. The molecule has 0 aliphatic carbocycles. The Morgan fingerprint density at radius 2 is 1.81 bits per heavy atom. The van der Waals surface area contributed by atoms with E-state index in [0.29, 0.717) is 5.89 Å². The molecule has 2 aromatic carbocycles. The van der Waals surface area contributed by atoms with Gasteiger partial charge in [-0.1, -0.05) is 66.3 Å². The van der Waals surface area contributed by atoms with Gasteiger partial charge in [0.2, 0.25) is 5.89 Å². The maximum Gasteiger partial charge on any atom is 0.239 e. The smallest absolute Gasteiger partial charge is 0.239 e. The van der Waals surface area contributed by atoms with Crippen LogP contribution < -0.4 is 4.74 Å². The Labute approximate surface area is 192 Å². The Morgan fingerprint density at radius 3 is 2.59 bits per heavy atom. The molecule has 8 heteroatoms. The molecule has 7 nitrogen and oxygen atoms in total. The Hall–Kier alpha value is -3.13. The normalized spacial score (nSPS) is 12.1. The summed E-state index contributed by atoms with van der Waals surface area (Å²) in [6.07, 6.45) is 2.66. The van der Waals surface area contributed by atoms with Gasteiger partial charge in [0.1, 0.15) is 5.75 Å². The summed E-state index contributed by atoms with van der Waals surface area (Å²) in [7, 11) is 1.67. The van der Waals surface area contributed by atoms with E-state index in [9.17, 15) is 0 Å². The summed E-state index contributed by atoms with van der Waals surface area (Å²) < 4.78 is 13.2. The fourth-order valence-electron chi connectivity index (χ4n) is 3.46. The van der Waals surface area contributed by atoms with E-state index >= 15 is 0 Å². The van der Waals surface area contributed by atoms with Crippen molar-refractivity contribution in [3.63, 3.8) is 0 Å². The average Bonchev–Trinajstić information content (AvgIpc) is 3.46. The number of methoxy groups -OCH3 is 1. The Morgan fingerprint density at radius 1 is 1.03 bits per heavy atom. The van der Waals surface area contributed by atoms with Gasteiger partial charge in [-0.2, -0.15) is 4.98 Å². The predicted molar refractivity (Wildman–Crippen MR) is 125 cm³/mol. The van der Waals surface area contributed by atoms with Crippen molar-refractivity contribution in [3.8, 4) is 17.1 Å². The van der Waals surface area contributed by atoms with E-state index < -0.39 is 0 Å². The van der Waals surface area contributed by atoms with Gasteiger partial charge in [0.25, 0.3) is 0 Å². The monoisotopic (exact) mass is 449 g/mol. The number of rotatable bonds is 10. The topological polar surface area (TPSA) is 78.9 Å². The highest BCUT2D eigenvalue weighted by atomic mass is 32.2. The fraction of sp³-hybridized carbons (Fsp3) is 0.333. The third-order valence-electron chi connectivity index (χ3n) is 5.12. The van der Waals surface area contributed by atoms with Crippen molar-refractivity contribution < 1.29 is 9.26 Å². The number of nitrogens with zero attached hydrogens (tertiary/aromatic N) is 5. The molecule has 0 spiro atoms. The minimum atomic E-state index is -0.0432. The minimum absolute atomic E-state index is 0.0432. The minimum Gasteiger partial charge on any atom is -0.496 e. The van der Waals surface area contributed by atoms with Crippen LogP contribution in [0.1, 0.15) is 42.8 Å². The molecule has 0 saturated heterocycles. The van der Waals surface area contributed by atoms with Gasteiger partial charge < -0.3 is 13.8 Å². The zero-order valence-electron chi connectivity index (χ0n) is 18.6. The number of ether oxygens (including phenoxy) is 1. The molecule has 0 amide bonds. The van der Waals surface area contributed by atoms with Crippen LogP contribution in [0.15, 0.2) is 64.3 Å². The lowest BCUT2D eigenvalue weighted by Crippen LogP contribution is -2.06. The summed E-state index contributed by atoms with van der Waals surface area (Å²) >= 11 is 1.57. The Bertz CT molecular complexity index is 1140. The second-order valence-corrected chi connectivity index (χ2v) is 8.76. The third kappa shape index (κ3) is 5.02. The molecule has 0 aliphatic heterocycles. The van der Waals surface area contributed by atoms with E-state index in [2.05, 4.69) is 56.1 Å². The number of thioether (sulfide) groups is 1. The quantitative estimate of drug-likeness (QED) is 0.301. The zero-order valence-corrected chi connectivity index (χ0v) is 19.4. The molecule has 0 bridgehead atoms. The van der Waals surface area contributed by atoms with Crippen LogP contribution in [-0.2, 0) is 19.4 Å². The molecule has 166 valence electrons. The summed E-state index contributed by atoms with van der Waals surface area (Å²) in [6, 6.07) is 18.3. The van der Waals surface area contributed by atoms with Crippen molar-refractivity contribution in [3.05, 3.63) is 71.9 Å². The van der Waals surface area contributed by atoms with Crippen molar-refractivity contribution in [2.75, 3.05) is 7.11 Å². The highest BCUT2D eigenvalue weighted by Gasteiger charge is 2.22. The standard InChI is InChI=1S/C24H27N5O2S/c1-4-10-21-25-23(31-28-21)17(2)32-24-27-26-22(19-13-8-9-14-20(19)30-3)29(24)16-15-18-11-6-5-7-12-18/h5-9,11-14,17H,4,10,15-16H2,1-3H3/t17-/m1/s1. The lowest BCUT2D eigenvalue weighted by Gasteiger charge is -2.13. The van der Waals surface area contributed by atoms with E-state index in [1.807, 2.05) is 37.3 Å². The van der Waals surface area contributed by atoms with E-state index in [0.717, 1.165) is 53.9 Å². The molecule has 2 heterocycles. The van der Waals surface area contributed by atoms with Gasteiger partial charge in [0.15, 0.2) is 16.8 Å². The number of benzene rings is 2. The zero-order chi connectivity index (χ0) is 22.3. The molecule has 0 aliphatic rings. The molecule has 4 rings (SSSR count). The van der Waals surface area contributed by atoms with Gasteiger partial charge in [-0.3, -0.25) is 0 Å². The summed E-state index contributed by atoms with van der Waals surface area (Å²) in [5.41, 5.74) is 2.18. The van der Waals surface area contributed by atoms with Crippen molar-refractivity contribution in [1.29, 1.82) is 0 Å². The van der Waals surface area contributed by atoms with Crippen LogP contribution in [0.2, 0.25) is 0 Å². The first-order valence-electron chi connectivity index (χ1n) is 10.8. The highest BCUT2D eigenvalue weighted by Crippen LogP contribution is 2.36. The molecule has 4 aromatic rings. The summed E-state index contributed by atoms with van der Waals surface area (Å²) in [5, 5.41) is 13.9. The Balaban J connectivity index is 1.64. The first-order valence-corrected chi connectivity index (χ1v) is 11.7. The Kier molecular flexibility index (Phi) is 7.21. The van der Waals surface area contributed by atoms with E-state index in [1.54, 1.807) is 18.9 Å². The second kappa shape index (κ2) is 10.5. The molecular formula is C24H27N5O2S. The fourth-order valence-corrected chi connectivity index (χ4v) is 4.36. The van der Waals surface area contributed by atoms with Gasteiger partial charge in [-0.15, -0.1) is 10.2 Å². The van der Waals surface area contributed by atoms with Crippen molar-refractivity contribution in [2.45, 2.75) is 50.1 Å². The maximum absolute atomic E-state index is 5.58. The summed E-state index contributed by atoms with van der Waals surface area (Å²) in [5.74, 6) is 2.90. The number of para-hydroxylation sites is 1. The van der Waals surface area contributed by atoms with Crippen molar-refractivity contribution >= 4 is 11.8 Å². The number of hydrogen-bond acceptors (Lipinski definition) is 7. The van der Waals surface area contributed by atoms with E-state index in [-0.39, 0.29) is 5.25 Å². The lowest BCUT2D eigenvalue weighted by atomic mass is 10.1. The van der Waals surface area contributed by atoms with E-state index in [1.165, 1.54) is 5.56 Å². The molecule has 0 radical (unpaired) electrons. The first-order chi connectivity index (χ1) is 15.7. The predicted octanol–water partition coefficient (Wildman–Crippen LogP) is 5.39. The van der Waals surface area contributed by atoms with Gasteiger partial charge in [0.05, 0.1) is 17.9 Å². The largest absolute Gasteiger partial charge is 0.496 e. The first kappa shape index (κ1) is 22.1. The van der Waals surface area contributed by atoms with Gasteiger partial charge in [0, 0.05) is 13.0 Å². The maximum atomic E-state index is 5.58. The van der Waals surface area contributed by atoms with Gasteiger partial charge >= 0.3 is 0 Å². The van der Waals surface area contributed by atoms with Crippen molar-refractivity contribution in [2.24, 2.45) is 0 Å². The highest BCUT2D eigenvalue weighted by molar-refractivity contribution is 7.99. The van der Waals surface area contributed by atoms with Crippen molar-refractivity contribution in [1.82, 2.24) is 24.9 Å². The molecule has 1 atom stereocenters. The van der Waals surface area contributed by atoms with Gasteiger partial charge in [-0.25, -0.2) is 0 Å². The van der Waals surface area contributed by atoms with Crippen LogP contribution in [0.3, 0.4) is 0 Å². The van der Waals surface area contributed by atoms with Crippen LogP contribution in [-0.4, -0.2) is 32.0 Å². The molecule has 0 unspecified atom stereocenters. The van der Waals surface area contributed by atoms with Crippen LogP contribution >= 0.6 is 11.8 Å². The summed E-state index contributed by atoms with van der Waals surface area (Å²) in [6.45, 7) is 4.89. The number of aromatic nitrogens is 5. The van der Waals surface area contributed by atoms with Crippen LogP contribution in [0.4, 0.5) is 0 Å². The van der Waals surface area contributed by atoms with Gasteiger partial charge in [-0.05, 0) is 37.5 Å². The van der Waals surface area contributed by atoms with Crippen LogP contribution in [0.5, 0.6) is 5.75 Å². The molecular weight excluding hydrogens is 422 g/mol. The SMILES string of the molecule is CCCc1noc([C@@H](C)Sc2nnc(-c3ccccc3OC)n2CCc2ccccc2)n1. The molecule has 0 fully saturated rings.